The summed E-state index contributed by atoms with van der Waals surface area (Å²) in [6.45, 7) is 8.37. The van der Waals surface area contributed by atoms with Gasteiger partial charge in [0.25, 0.3) is 5.91 Å². The molecule has 3 rings (SSSR count). The number of hydrogen-bond acceptors (Lipinski definition) is 5. The van der Waals surface area contributed by atoms with Crippen LogP contribution in [0.3, 0.4) is 0 Å². The van der Waals surface area contributed by atoms with Crippen LogP contribution in [0, 0.1) is 0 Å². The number of nitrogens with zero attached hydrogens (tertiary/aromatic N) is 3. The molecule has 1 aromatic rings. The molecule has 0 aromatic heterocycles. The Bertz CT molecular complexity index is 666. The molecule has 2 fully saturated rings. The van der Waals surface area contributed by atoms with Crippen molar-refractivity contribution < 1.29 is 19.2 Å². The maximum absolute atomic E-state index is 12.3. The third-order valence-corrected chi connectivity index (χ3v) is 5.29. The quantitative estimate of drug-likeness (QED) is 0.696. The number of benzene rings is 1. The number of ether oxygens (including phenoxy) is 2. The van der Waals surface area contributed by atoms with E-state index >= 15 is 0 Å². The van der Waals surface area contributed by atoms with Crippen LogP contribution in [-0.4, -0.2) is 81.6 Å². The minimum atomic E-state index is 0.0463. The van der Waals surface area contributed by atoms with E-state index in [1.165, 1.54) is 6.42 Å². The van der Waals surface area contributed by atoms with Crippen molar-refractivity contribution in [3.63, 3.8) is 0 Å². The summed E-state index contributed by atoms with van der Waals surface area (Å²) in [6.07, 6.45) is 5.24. The molecule has 2 saturated heterocycles. The van der Waals surface area contributed by atoms with Gasteiger partial charge in [0.2, 0.25) is 0 Å². The highest BCUT2D eigenvalue weighted by Crippen LogP contribution is 2.28. The van der Waals surface area contributed by atoms with Crippen molar-refractivity contribution >= 4 is 12.1 Å². The highest BCUT2D eigenvalue weighted by atomic mass is 16.5. The molecule has 2 aliphatic rings. The number of hydrazone groups is 1. The van der Waals surface area contributed by atoms with Crippen LogP contribution >= 0.6 is 0 Å². The summed E-state index contributed by atoms with van der Waals surface area (Å²) in [7, 11) is 2.21. The highest BCUT2D eigenvalue weighted by molar-refractivity contribution is 5.81. The number of quaternary nitrogens is 1. The number of hydrogen-bond donors (Lipinski definition) is 1. The number of nitrogens with one attached hydrogen (secondary N) is 1. The van der Waals surface area contributed by atoms with E-state index in [4.69, 9.17) is 9.47 Å². The number of amides is 1. The van der Waals surface area contributed by atoms with Gasteiger partial charge in [0.15, 0.2) is 18.1 Å². The van der Waals surface area contributed by atoms with Crippen LogP contribution in [0.2, 0.25) is 0 Å². The van der Waals surface area contributed by atoms with Crippen LogP contribution in [0.4, 0.5) is 0 Å². The standard InChI is InChI=1S/C21H32N4O3/c1-3-27-20-15-18(16-22-25-13-11-23(2)12-14-25)7-8-19(20)28-17-21(26)24-9-5-4-6-10-24/h7-8,15-16H,3-6,9-14,17H2,1-2H3/p+1/b22-16-. The van der Waals surface area contributed by atoms with Crippen LogP contribution < -0.4 is 14.4 Å². The maximum Gasteiger partial charge on any atom is 0.260 e. The van der Waals surface area contributed by atoms with E-state index in [0.717, 1.165) is 57.7 Å². The predicted octanol–water partition coefficient (Wildman–Crippen LogP) is 0.641. The summed E-state index contributed by atoms with van der Waals surface area (Å²) in [5.41, 5.74) is 0.962. The van der Waals surface area contributed by atoms with Crippen LogP contribution in [0.25, 0.3) is 0 Å². The SMILES string of the molecule is CCOc1cc(/C=N\N2CC[NH+](C)CC2)ccc1OCC(=O)N1CCCCC1. The molecule has 0 unspecified atom stereocenters. The first-order chi connectivity index (χ1) is 13.7. The number of carbonyl (C=O) groups excluding carboxylic acids is 1. The van der Waals surface area contributed by atoms with Crippen LogP contribution in [0.5, 0.6) is 11.5 Å². The van der Waals surface area contributed by atoms with Crippen molar-refractivity contribution in [1.82, 2.24) is 9.91 Å². The summed E-state index contributed by atoms with van der Waals surface area (Å²) < 4.78 is 11.5. The van der Waals surface area contributed by atoms with E-state index < -0.39 is 0 Å². The average molecular weight is 390 g/mol. The van der Waals surface area contributed by atoms with Crippen LogP contribution in [0.15, 0.2) is 23.3 Å². The Labute approximate surface area is 167 Å². The molecule has 0 saturated carbocycles. The Balaban J connectivity index is 1.59. The zero-order valence-electron chi connectivity index (χ0n) is 17.2. The zero-order valence-corrected chi connectivity index (χ0v) is 17.2. The molecule has 1 aromatic carbocycles. The van der Waals surface area contributed by atoms with E-state index in [0.29, 0.717) is 18.1 Å². The molecule has 7 nitrogen and oxygen atoms in total. The fraction of sp³-hybridized carbons (Fsp3) is 0.619. The van der Waals surface area contributed by atoms with Gasteiger partial charge in [-0.1, -0.05) is 0 Å². The molecule has 1 amide bonds. The number of carbonyl (C=O) groups is 1. The highest BCUT2D eigenvalue weighted by Gasteiger charge is 2.18. The maximum atomic E-state index is 12.3. The lowest BCUT2D eigenvalue weighted by Gasteiger charge is -2.27. The third kappa shape index (κ3) is 5.86. The monoisotopic (exact) mass is 389 g/mol. The van der Waals surface area contributed by atoms with Crippen LogP contribution in [0.1, 0.15) is 31.7 Å². The summed E-state index contributed by atoms with van der Waals surface area (Å²) >= 11 is 0. The van der Waals surface area contributed by atoms with Crippen molar-refractivity contribution in [3.05, 3.63) is 23.8 Å². The Kier molecular flexibility index (Phi) is 7.54. The molecule has 1 N–H and O–H groups in total. The second kappa shape index (κ2) is 10.3. The topological polar surface area (TPSA) is 58.8 Å². The number of piperidine rings is 1. The molecule has 154 valence electrons. The lowest BCUT2D eigenvalue weighted by molar-refractivity contribution is -0.884. The molecule has 0 bridgehead atoms. The molecule has 2 heterocycles. The van der Waals surface area contributed by atoms with Gasteiger partial charge in [-0.05, 0) is 49.9 Å². The number of piperazine rings is 1. The van der Waals surface area contributed by atoms with Gasteiger partial charge in [-0.25, -0.2) is 0 Å². The normalized spacial score (nSPS) is 18.5. The lowest BCUT2D eigenvalue weighted by Crippen LogP contribution is -3.11. The van der Waals surface area contributed by atoms with E-state index in [2.05, 4.69) is 17.2 Å². The largest absolute Gasteiger partial charge is 0.490 e. The minimum Gasteiger partial charge on any atom is -0.490 e. The zero-order chi connectivity index (χ0) is 19.8. The second-order valence-corrected chi connectivity index (χ2v) is 7.52. The fourth-order valence-corrected chi connectivity index (χ4v) is 3.51. The number of likely N-dealkylation sites (tertiary alicyclic amines) is 1. The summed E-state index contributed by atoms with van der Waals surface area (Å²) in [5.74, 6) is 1.30. The van der Waals surface area contributed by atoms with Gasteiger partial charge in [0.1, 0.15) is 0 Å². The lowest BCUT2D eigenvalue weighted by atomic mass is 10.1. The molecular weight excluding hydrogens is 356 g/mol. The first kappa shape index (κ1) is 20.5. The van der Waals surface area contributed by atoms with E-state index in [1.807, 2.05) is 36.2 Å². The average Bonchev–Trinajstić information content (AvgIpc) is 2.73. The molecule has 0 spiro atoms. The fourth-order valence-electron chi connectivity index (χ4n) is 3.51. The molecule has 2 aliphatic heterocycles. The van der Waals surface area contributed by atoms with Crippen molar-refractivity contribution in [2.45, 2.75) is 26.2 Å². The second-order valence-electron chi connectivity index (χ2n) is 7.52. The molecule has 7 heteroatoms. The van der Waals surface area contributed by atoms with Gasteiger partial charge in [-0.2, -0.15) is 5.10 Å². The smallest absolute Gasteiger partial charge is 0.260 e. The van der Waals surface area contributed by atoms with Gasteiger partial charge < -0.3 is 19.3 Å². The molecular formula is C21H33N4O3+. The van der Waals surface area contributed by atoms with Crippen molar-refractivity contribution in [1.29, 1.82) is 0 Å². The summed E-state index contributed by atoms with van der Waals surface area (Å²) in [4.78, 5) is 15.8. The number of likely N-dealkylation sites (N-methyl/N-ethyl adjacent to an activating group) is 1. The number of rotatable bonds is 7. The van der Waals surface area contributed by atoms with Crippen molar-refractivity contribution in [2.75, 3.05) is 59.5 Å². The molecule has 0 aliphatic carbocycles. The van der Waals surface area contributed by atoms with Crippen molar-refractivity contribution in [3.8, 4) is 11.5 Å². The van der Waals surface area contributed by atoms with E-state index in [1.54, 1.807) is 4.90 Å². The van der Waals surface area contributed by atoms with E-state index in [-0.39, 0.29) is 12.5 Å². The Morgan fingerprint density at radius 1 is 1.11 bits per heavy atom. The molecule has 28 heavy (non-hydrogen) atoms. The van der Waals surface area contributed by atoms with Gasteiger partial charge in [0, 0.05) is 13.1 Å². The van der Waals surface area contributed by atoms with Gasteiger partial charge >= 0.3 is 0 Å². The first-order valence-electron chi connectivity index (χ1n) is 10.4. The minimum absolute atomic E-state index is 0.0463. The third-order valence-electron chi connectivity index (χ3n) is 5.29. The molecule has 0 radical (unpaired) electrons. The Hall–Kier alpha value is -2.28. The van der Waals surface area contributed by atoms with E-state index in [9.17, 15) is 4.79 Å². The van der Waals surface area contributed by atoms with Crippen LogP contribution in [-0.2, 0) is 4.79 Å². The summed E-state index contributed by atoms with van der Waals surface area (Å²) in [5, 5.41) is 6.70. The van der Waals surface area contributed by atoms with Gasteiger partial charge in [0.05, 0.1) is 46.0 Å². The van der Waals surface area contributed by atoms with Gasteiger partial charge in [-0.3, -0.25) is 9.80 Å². The molecule has 0 atom stereocenters. The predicted molar refractivity (Wildman–Crippen MR) is 109 cm³/mol. The Morgan fingerprint density at radius 3 is 2.57 bits per heavy atom. The first-order valence-corrected chi connectivity index (χ1v) is 10.4. The van der Waals surface area contributed by atoms with Gasteiger partial charge in [-0.15, -0.1) is 0 Å². The summed E-state index contributed by atoms with van der Waals surface area (Å²) in [6, 6.07) is 5.74. The Morgan fingerprint density at radius 2 is 1.86 bits per heavy atom. The van der Waals surface area contributed by atoms with Crippen molar-refractivity contribution in [2.24, 2.45) is 5.10 Å².